The van der Waals surface area contributed by atoms with Crippen LogP contribution in [0.25, 0.3) is 0 Å². The minimum atomic E-state index is -1.59. The van der Waals surface area contributed by atoms with Gasteiger partial charge in [0.2, 0.25) is 0 Å². The Hall–Kier alpha value is -1.82. The molecule has 59 heavy (non-hydrogen) atoms. The van der Waals surface area contributed by atoms with Gasteiger partial charge in [0.15, 0.2) is 12.4 Å². The predicted molar refractivity (Wildman–Crippen MR) is 238 cm³/mol. The van der Waals surface area contributed by atoms with E-state index in [9.17, 15) is 30.0 Å². The van der Waals surface area contributed by atoms with Crippen molar-refractivity contribution in [2.45, 2.75) is 256 Å². The van der Waals surface area contributed by atoms with E-state index in [1.165, 1.54) is 128 Å². The molecule has 6 atom stereocenters. The summed E-state index contributed by atoms with van der Waals surface area (Å²) in [5, 5.41) is 40.1. The molecule has 1 fully saturated rings. The van der Waals surface area contributed by atoms with Crippen molar-refractivity contribution >= 4 is 11.9 Å². The van der Waals surface area contributed by atoms with Gasteiger partial charge in [0.25, 0.3) is 0 Å². The molecule has 346 valence electrons. The summed E-state index contributed by atoms with van der Waals surface area (Å²) in [6.45, 7) is 3.42. The van der Waals surface area contributed by atoms with E-state index in [0.717, 1.165) is 57.8 Å². The molecule has 1 rings (SSSR count). The molecule has 1 aliphatic rings. The van der Waals surface area contributed by atoms with E-state index in [1.54, 1.807) is 0 Å². The van der Waals surface area contributed by atoms with Crippen molar-refractivity contribution in [3.63, 3.8) is 0 Å². The Morgan fingerprint density at radius 2 is 0.898 bits per heavy atom. The largest absolute Gasteiger partial charge is 0.462 e. The first kappa shape index (κ1) is 55.2. The first-order valence-electron chi connectivity index (χ1n) is 24.4. The summed E-state index contributed by atoms with van der Waals surface area (Å²) in [4.78, 5) is 25.4. The molecule has 0 bridgehead atoms. The van der Waals surface area contributed by atoms with Gasteiger partial charge in [-0.3, -0.25) is 9.59 Å². The Balaban J connectivity index is 2.29. The molecular formula is C49H90O10. The number of unbranched alkanes of at least 4 members (excludes halogenated alkanes) is 26. The summed E-state index contributed by atoms with van der Waals surface area (Å²) in [5.41, 5.74) is 0. The fourth-order valence-electron chi connectivity index (χ4n) is 7.41. The van der Waals surface area contributed by atoms with Crippen LogP contribution in [0.3, 0.4) is 0 Å². The number of ether oxygens (including phenoxy) is 4. The fraction of sp³-hybridized carbons (Fsp3) is 0.878. The third-order valence-corrected chi connectivity index (χ3v) is 11.3. The molecule has 2 unspecified atom stereocenters. The van der Waals surface area contributed by atoms with Gasteiger partial charge < -0.3 is 39.4 Å². The monoisotopic (exact) mass is 839 g/mol. The predicted octanol–water partition coefficient (Wildman–Crippen LogP) is 10.9. The van der Waals surface area contributed by atoms with E-state index >= 15 is 0 Å². The van der Waals surface area contributed by atoms with Crippen LogP contribution in [0.15, 0.2) is 24.3 Å². The van der Waals surface area contributed by atoms with Crippen LogP contribution in [0.4, 0.5) is 0 Å². The third kappa shape index (κ3) is 31.7. The molecular weight excluding hydrogens is 749 g/mol. The molecule has 0 aromatic carbocycles. The zero-order valence-electron chi connectivity index (χ0n) is 37.8. The lowest BCUT2D eigenvalue weighted by molar-refractivity contribution is -0.305. The lowest BCUT2D eigenvalue weighted by atomic mass is 9.99. The zero-order chi connectivity index (χ0) is 43.0. The number of allylic oxidation sites excluding steroid dienone is 4. The molecule has 0 aliphatic carbocycles. The van der Waals surface area contributed by atoms with Gasteiger partial charge in [-0.2, -0.15) is 0 Å². The first-order chi connectivity index (χ1) is 28.8. The number of esters is 2. The maximum atomic E-state index is 12.8. The molecule has 0 radical (unpaired) electrons. The van der Waals surface area contributed by atoms with E-state index in [2.05, 4.69) is 38.2 Å². The molecule has 0 amide bonds. The average molecular weight is 839 g/mol. The molecule has 0 saturated carbocycles. The second-order valence-electron chi connectivity index (χ2n) is 16.9. The maximum Gasteiger partial charge on any atom is 0.306 e. The SMILES string of the molecule is CCCCCCCC/C=C/CCCCCCCCCCCC(=O)O[C@H](COC(=O)CCCCCCC/C=C/CCCCCCCC)CO[C@@H]1O[C@H](CO)[C@H](O)C(O)C1O. The Labute approximate surface area is 360 Å². The highest BCUT2D eigenvalue weighted by molar-refractivity contribution is 5.70. The van der Waals surface area contributed by atoms with Gasteiger partial charge in [0.1, 0.15) is 31.0 Å². The number of hydrogen-bond donors (Lipinski definition) is 4. The minimum absolute atomic E-state index is 0.220. The highest BCUT2D eigenvalue weighted by Crippen LogP contribution is 2.23. The smallest absolute Gasteiger partial charge is 0.306 e. The van der Waals surface area contributed by atoms with E-state index in [4.69, 9.17) is 18.9 Å². The molecule has 0 spiro atoms. The maximum absolute atomic E-state index is 12.8. The average Bonchev–Trinajstić information content (AvgIpc) is 3.23. The molecule has 4 N–H and O–H groups in total. The molecule has 1 aliphatic heterocycles. The molecule has 1 heterocycles. The van der Waals surface area contributed by atoms with Crippen molar-refractivity contribution in [2.75, 3.05) is 19.8 Å². The number of hydrogen-bond acceptors (Lipinski definition) is 10. The Morgan fingerprint density at radius 1 is 0.508 bits per heavy atom. The van der Waals surface area contributed by atoms with Crippen LogP contribution < -0.4 is 0 Å². The van der Waals surface area contributed by atoms with E-state index in [1.807, 2.05) is 0 Å². The summed E-state index contributed by atoms with van der Waals surface area (Å²) < 4.78 is 22.2. The fourth-order valence-corrected chi connectivity index (χ4v) is 7.41. The second kappa shape index (κ2) is 40.3. The Morgan fingerprint density at radius 3 is 1.32 bits per heavy atom. The molecule has 1 saturated heterocycles. The molecule has 0 aromatic rings. The van der Waals surface area contributed by atoms with Gasteiger partial charge in [-0.1, -0.05) is 167 Å². The summed E-state index contributed by atoms with van der Waals surface area (Å²) >= 11 is 0. The van der Waals surface area contributed by atoms with Gasteiger partial charge in [-0.25, -0.2) is 0 Å². The van der Waals surface area contributed by atoms with Crippen LogP contribution in [-0.4, -0.2) is 89.0 Å². The first-order valence-corrected chi connectivity index (χ1v) is 24.4. The second-order valence-corrected chi connectivity index (χ2v) is 16.9. The number of rotatable bonds is 41. The van der Waals surface area contributed by atoms with Gasteiger partial charge in [-0.05, 0) is 64.2 Å². The van der Waals surface area contributed by atoms with E-state index < -0.39 is 49.4 Å². The number of carbonyl (C=O) groups is 2. The third-order valence-electron chi connectivity index (χ3n) is 11.3. The van der Waals surface area contributed by atoms with Crippen LogP contribution in [-0.2, 0) is 28.5 Å². The van der Waals surface area contributed by atoms with Gasteiger partial charge >= 0.3 is 11.9 Å². The number of aliphatic hydroxyl groups is 4. The summed E-state index contributed by atoms with van der Waals surface area (Å²) in [6, 6.07) is 0. The lowest BCUT2D eigenvalue weighted by Crippen LogP contribution is -2.59. The normalized spacial score (nSPS) is 20.1. The molecule has 10 nitrogen and oxygen atoms in total. The van der Waals surface area contributed by atoms with Gasteiger partial charge in [0, 0.05) is 12.8 Å². The van der Waals surface area contributed by atoms with Crippen molar-refractivity contribution in [3.05, 3.63) is 24.3 Å². The molecule has 0 aromatic heterocycles. The quantitative estimate of drug-likeness (QED) is 0.0266. The molecule has 10 heteroatoms. The van der Waals surface area contributed by atoms with E-state index in [-0.39, 0.29) is 32.0 Å². The highest BCUT2D eigenvalue weighted by atomic mass is 16.7. The number of aliphatic hydroxyl groups excluding tert-OH is 4. The van der Waals surface area contributed by atoms with Crippen LogP contribution >= 0.6 is 0 Å². The van der Waals surface area contributed by atoms with Crippen molar-refractivity contribution < 1.29 is 49.0 Å². The standard InChI is InChI=1S/C49H90O10/c1-3-5-7-9-11-13-15-17-19-20-21-22-24-26-28-30-32-34-36-38-45(52)58-42(41-57-49-48(55)47(54)46(53)43(39-50)59-49)40-56-44(51)37-35-33-31-29-27-25-23-18-16-14-12-10-8-6-4-2/h17-19,23,42-43,46-50,53-55H,3-16,20-22,24-41H2,1-2H3/b19-17+,23-18+/t42-,43-,46+,47?,48?,49-/m1/s1. The van der Waals surface area contributed by atoms with Crippen molar-refractivity contribution in [1.29, 1.82) is 0 Å². The minimum Gasteiger partial charge on any atom is -0.462 e. The van der Waals surface area contributed by atoms with Crippen molar-refractivity contribution in [1.82, 2.24) is 0 Å². The van der Waals surface area contributed by atoms with Crippen LogP contribution in [0.2, 0.25) is 0 Å². The van der Waals surface area contributed by atoms with E-state index in [0.29, 0.717) is 6.42 Å². The Bertz CT molecular complexity index is 1020. The van der Waals surface area contributed by atoms with Crippen LogP contribution in [0.1, 0.15) is 219 Å². The van der Waals surface area contributed by atoms with Crippen molar-refractivity contribution in [2.24, 2.45) is 0 Å². The van der Waals surface area contributed by atoms with Crippen molar-refractivity contribution in [3.8, 4) is 0 Å². The summed E-state index contributed by atoms with van der Waals surface area (Å²) in [7, 11) is 0. The topological polar surface area (TPSA) is 152 Å². The number of carbonyl (C=O) groups excluding carboxylic acids is 2. The van der Waals surface area contributed by atoms with Gasteiger partial charge in [-0.15, -0.1) is 0 Å². The van der Waals surface area contributed by atoms with Crippen LogP contribution in [0.5, 0.6) is 0 Å². The Kier molecular flexibility index (Phi) is 37.7. The van der Waals surface area contributed by atoms with Gasteiger partial charge in [0.05, 0.1) is 13.2 Å². The summed E-state index contributed by atoms with van der Waals surface area (Å²) in [6.07, 6.45) is 37.5. The van der Waals surface area contributed by atoms with Crippen LogP contribution in [0, 0.1) is 0 Å². The zero-order valence-corrected chi connectivity index (χ0v) is 37.8. The lowest BCUT2D eigenvalue weighted by Gasteiger charge is -2.39. The highest BCUT2D eigenvalue weighted by Gasteiger charge is 2.44. The summed E-state index contributed by atoms with van der Waals surface area (Å²) in [5.74, 6) is -0.811.